The number of aromatic hydroxyl groups is 1. The third kappa shape index (κ3) is 1.29. The quantitative estimate of drug-likeness (QED) is 0.555. The minimum atomic E-state index is -1.32. The van der Waals surface area contributed by atoms with Gasteiger partial charge in [0.25, 0.3) is 0 Å². The fourth-order valence-electron chi connectivity index (χ4n) is 0.845. The lowest BCUT2D eigenvalue weighted by atomic mass is 10.2. The minimum absolute atomic E-state index is 0.153. The van der Waals surface area contributed by atoms with Crippen molar-refractivity contribution in [3.63, 3.8) is 0 Å². The molecule has 0 bridgehead atoms. The Hall–Kier alpha value is -1.78. The summed E-state index contributed by atoms with van der Waals surface area (Å²) in [4.78, 5) is 23.4. The molecule has 0 radical (unpaired) electrons. The Kier molecular flexibility index (Phi) is 1.86. The van der Waals surface area contributed by atoms with Crippen LogP contribution in [0, 0.1) is 6.92 Å². The number of aromatic nitrogens is 1. The minimum Gasteiger partial charge on any atom is -0.505 e. The van der Waals surface area contributed by atoms with Crippen molar-refractivity contribution in [2.24, 2.45) is 0 Å². The van der Waals surface area contributed by atoms with E-state index in [1.54, 1.807) is 0 Å². The van der Waals surface area contributed by atoms with Crippen molar-refractivity contribution in [3.8, 4) is 5.75 Å². The first-order valence-corrected chi connectivity index (χ1v) is 3.18. The summed E-state index contributed by atoms with van der Waals surface area (Å²) in [6, 6.07) is 0.838. The maximum Gasteiger partial charge on any atom is 0.339 e. The van der Waals surface area contributed by atoms with E-state index in [4.69, 9.17) is 10.2 Å². The molecule has 0 unspecified atom stereocenters. The first kappa shape index (κ1) is 8.32. The van der Waals surface area contributed by atoms with Crippen LogP contribution in [0.3, 0.4) is 0 Å². The van der Waals surface area contributed by atoms with E-state index in [9.17, 15) is 9.59 Å². The molecule has 5 nitrogen and oxygen atoms in total. The van der Waals surface area contributed by atoms with Crippen molar-refractivity contribution in [1.29, 1.82) is 0 Å². The molecular formula is C7H7NO4. The average molecular weight is 169 g/mol. The van der Waals surface area contributed by atoms with Crippen LogP contribution < -0.4 is 5.56 Å². The summed E-state index contributed by atoms with van der Waals surface area (Å²) in [5.74, 6) is -1.72. The molecule has 1 aromatic heterocycles. The average Bonchev–Trinajstić information content (AvgIpc) is 1.96. The highest BCUT2D eigenvalue weighted by Crippen LogP contribution is 2.16. The van der Waals surface area contributed by atoms with Crippen LogP contribution in [-0.4, -0.2) is 21.2 Å². The van der Waals surface area contributed by atoms with E-state index < -0.39 is 17.3 Å². The topological polar surface area (TPSA) is 90.4 Å². The third-order valence-electron chi connectivity index (χ3n) is 1.43. The molecule has 0 aromatic carbocycles. The fraction of sp³-hybridized carbons (Fsp3) is 0.143. The Labute approximate surface area is 67.3 Å². The van der Waals surface area contributed by atoms with E-state index in [0.717, 1.165) is 6.07 Å². The maximum atomic E-state index is 10.7. The molecule has 0 saturated carbocycles. The van der Waals surface area contributed by atoms with Crippen LogP contribution in [-0.2, 0) is 0 Å². The number of aryl methyl sites for hydroxylation is 1. The first-order chi connectivity index (χ1) is 5.52. The van der Waals surface area contributed by atoms with Gasteiger partial charge in [0.15, 0.2) is 0 Å². The Morgan fingerprint density at radius 3 is 2.67 bits per heavy atom. The molecule has 64 valence electrons. The van der Waals surface area contributed by atoms with E-state index >= 15 is 0 Å². The first-order valence-electron chi connectivity index (χ1n) is 3.18. The summed E-state index contributed by atoms with van der Waals surface area (Å²) < 4.78 is 0. The molecule has 0 atom stereocenters. The molecule has 0 aliphatic rings. The summed E-state index contributed by atoms with van der Waals surface area (Å²) in [6.07, 6.45) is 0. The number of carbonyl (C=O) groups is 1. The number of pyridine rings is 1. The largest absolute Gasteiger partial charge is 0.505 e. The molecule has 1 heterocycles. The monoisotopic (exact) mass is 169 g/mol. The molecule has 0 aliphatic carbocycles. The Morgan fingerprint density at radius 1 is 1.58 bits per heavy atom. The van der Waals surface area contributed by atoms with E-state index in [-0.39, 0.29) is 11.3 Å². The summed E-state index contributed by atoms with van der Waals surface area (Å²) in [6.45, 7) is 1.42. The highest BCUT2D eigenvalue weighted by molar-refractivity contribution is 5.90. The van der Waals surface area contributed by atoms with Gasteiger partial charge < -0.3 is 15.2 Å². The van der Waals surface area contributed by atoms with Gasteiger partial charge in [-0.25, -0.2) is 4.79 Å². The number of rotatable bonds is 1. The molecule has 5 heteroatoms. The van der Waals surface area contributed by atoms with Crippen LogP contribution in [0.5, 0.6) is 5.75 Å². The van der Waals surface area contributed by atoms with E-state index in [0.29, 0.717) is 0 Å². The zero-order chi connectivity index (χ0) is 9.30. The lowest BCUT2D eigenvalue weighted by Gasteiger charge is -2.00. The van der Waals surface area contributed by atoms with Gasteiger partial charge in [-0.2, -0.15) is 0 Å². The highest BCUT2D eigenvalue weighted by atomic mass is 16.4. The molecule has 0 fully saturated rings. The van der Waals surface area contributed by atoms with Crippen LogP contribution in [0.2, 0.25) is 0 Å². The van der Waals surface area contributed by atoms with Gasteiger partial charge in [0.1, 0.15) is 11.3 Å². The van der Waals surface area contributed by atoms with Crippen molar-refractivity contribution in [2.45, 2.75) is 6.92 Å². The number of hydrogen-bond donors (Lipinski definition) is 3. The smallest absolute Gasteiger partial charge is 0.339 e. The van der Waals surface area contributed by atoms with Crippen molar-refractivity contribution in [1.82, 2.24) is 4.98 Å². The second kappa shape index (κ2) is 2.69. The number of carboxylic acid groups (broad SMARTS) is 1. The number of H-pyrrole nitrogens is 1. The van der Waals surface area contributed by atoms with Gasteiger partial charge in [-0.3, -0.25) is 4.79 Å². The fourth-order valence-corrected chi connectivity index (χ4v) is 0.845. The number of aromatic amines is 1. The van der Waals surface area contributed by atoms with Gasteiger partial charge in [0, 0.05) is 6.07 Å². The normalized spacial score (nSPS) is 9.75. The standard InChI is InChI=1S/C7H7NO4/c1-3-6(10)4(7(11)12)2-5(9)8-3/h2,10H,1H3,(H,8,9)(H,11,12). The molecular weight excluding hydrogens is 162 g/mol. The molecule has 0 spiro atoms. The van der Waals surface area contributed by atoms with E-state index in [1.165, 1.54) is 6.92 Å². The van der Waals surface area contributed by atoms with Gasteiger partial charge in [0.05, 0.1) is 5.69 Å². The summed E-state index contributed by atoms with van der Waals surface area (Å²) in [5.41, 5.74) is -0.765. The Balaban J connectivity index is 3.48. The third-order valence-corrected chi connectivity index (χ3v) is 1.43. The molecule has 0 aliphatic heterocycles. The van der Waals surface area contributed by atoms with Crippen LogP contribution >= 0.6 is 0 Å². The number of hydrogen-bond acceptors (Lipinski definition) is 3. The highest BCUT2D eigenvalue weighted by Gasteiger charge is 2.12. The van der Waals surface area contributed by atoms with E-state index in [1.807, 2.05) is 0 Å². The van der Waals surface area contributed by atoms with Crippen LogP contribution in [0.15, 0.2) is 10.9 Å². The molecule has 1 rings (SSSR count). The molecule has 0 saturated heterocycles. The summed E-state index contributed by atoms with van der Waals surface area (Å²) in [5, 5.41) is 17.6. The molecule has 3 N–H and O–H groups in total. The summed E-state index contributed by atoms with van der Waals surface area (Å²) in [7, 11) is 0. The number of nitrogens with one attached hydrogen (secondary N) is 1. The molecule has 12 heavy (non-hydrogen) atoms. The zero-order valence-electron chi connectivity index (χ0n) is 6.29. The van der Waals surface area contributed by atoms with Gasteiger partial charge in [-0.05, 0) is 6.92 Å². The van der Waals surface area contributed by atoms with Crippen molar-refractivity contribution < 1.29 is 15.0 Å². The summed E-state index contributed by atoms with van der Waals surface area (Å²) >= 11 is 0. The van der Waals surface area contributed by atoms with E-state index in [2.05, 4.69) is 4.98 Å². The van der Waals surface area contributed by atoms with Gasteiger partial charge in [-0.15, -0.1) is 0 Å². The SMILES string of the molecule is Cc1[nH]c(=O)cc(C(=O)O)c1O. The number of aromatic carboxylic acids is 1. The van der Waals surface area contributed by atoms with Crippen LogP contribution in [0.1, 0.15) is 16.1 Å². The maximum absolute atomic E-state index is 10.7. The van der Waals surface area contributed by atoms with Crippen LogP contribution in [0.4, 0.5) is 0 Å². The number of carboxylic acids is 1. The molecule has 0 amide bonds. The molecule has 1 aromatic rings. The van der Waals surface area contributed by atoms with Gasteiger partial charge in [0.2, 0.25) is 5.56 Å². The zero-order valence-corrected chi connectivity index (χ0v) is 6.29. The lowest BCUT2D eigenvalue weighted by Crippen LogP contribution is -2.11. The van der Waals surface area contributed by atoms with Crippen molar-refractivity contribution in [2.75, 3.05) is 0 Å². The Bertz CT molecular complexity index is 379. The second-order valence-electron chi connectivity index (χ2n) is 2.33. The Morgan fingerprint density at radius 2 is 2.17 bits per heavy atom. The van der Waals surface area contributed by atoms with Gasteiger partial charge >= 0.3 is 5.97 Å². The van der Waals surface area contributed by atoms with Crippen LogP contribution in [0.25, 0.3) is 0 Å². The predicted molar refractivity (Wildman–Crippen MR) is 40.4 cm³/mol. The van der Waals surface area contributed by atoms with Gasteiger partial charge in [-0.1, -0.05) is 0 Å². The van der Waals surface area contributed by atoms with Crippen molar-refractivity contribution in [3.05, 3.63) is 27.7 Å². The second-order valence-corrected chi connectivity index (χ2v) is 2.33. The predicted octanol–water partition coefficient (Wildman–Crippen LogP) is 0.0871. The van der Waals surface area contributed by atoms with Crippen molar-refractivity contribution >= 4 is 5.97 Å². The lowest BCUT2D eigenvalue weighted by molar-refractivity contribution is 0.0693.